The molecule has 0 N–H and O–H groups in total. The number of methoxy groups -OCH3 is 1. The smallest absolute Gasteiger partial charge is 0.314 e. The van der Waals surface area contributed by atoms with Crippen LogP contribution < -0.4 is 0 Å². The summed E-state index contributed by atoms with van der Waals surface area (Å²) in [6, 6.07) is 6.88. The average molecular weight is 322 g/mol. The van der Waals surface area contributed by atoms with Gasteiger partial charge in [-0.15, -0.1) is 0 Å². The molecule has 1 aromatic carbocycles. The van der Waals surface area contributed by atoms with Crippen LogP contribution in [0.5, 0.6) is 0 Å². The van der Waals surface area contributed by atoms with E-state index >= 15 is 0 Å². The van der Waals surface area contributed by atoms with Crippen LogP contribution in [0.1, 0.15) is 34.1 Å². The van der Waals surface area contributed by atoms with Crippen LogP contribution in [-0.2, 0) is 16.1 Å². The van der Waals surface area contributed by atoms with Crippen LogP contribution in [0.25, 0.3) is 0 Å². The van der Waals surface area contributed by atoms with Crippen LogP contribution in [0.2, 0.25) is 5.02 Å². The average Bonchev–Trinajstić information content (AvgIpc) is 3.08. The number of ketones is 1. The van der Waals surface area contributed by atoms with Crippen LogP contribution in [0.15, 0.2) is 30.3 Å². The van der Waals surface area contributed by atoms with Crippen molar-refractivity contribution < 1.29 is 18.7 Å². The Hall–Kier alpha value is -2.14. The Bertz CT molecular complexity index is 751. The summed E-state index contributed by atoms with van der Waals surface area (Å²) in [6.07, 6.45) is 0.548. The number of halogens is 2. The monoisotopic (exact) mass is 321 g/mol. The highest BCUT2D eigenvalue weighted by atomic mass is 35.5. The maximum Gasteiger partial charge on any atom is 0.314 e. The van der Waals surface area contributed by atoms with Crippen molar-refractivity contribution >= 4 is 23.4 Å². The normalized spacial score (nSPS) is 16.4. The predicted molar refractivity (Wildman–Crippen MR) is 78.6 cm³/mol. The van der Waals surface area contributed by atoms with Gasteiger partial charge in [0.2, 0.25) is 5.78 Å². The van der Waals surface area contributed by atoms with E-state index in [2.05, 4.69) is 0 Å². The largest absolute Gasteiger partial charge is 0.469 e. The van der Waals surface area contributed by atoms with E-state index in [1.807, 2.05) is 0 Å². The molecule has 6 heteroatoms. The number of carbonyl (C=O) groups is 2. The van der Waals surface area contributed by atoms with Crippen molar-refractivity contribution in [3.63, 3.8) is 0 Å². The van der Waals surface area contributed by atoms with Crippen LogP contribution in [-0.4, -0.2) is 23.4 Å². The number of carbonyl (C=O) groups excluding carboxylic acids is 2. The molecular weight excluding hydrogens is 309 g/mol. The van der Waals surface area contributed by atoms with E-state index in [0.717, 1.165) is 0 Å². The molecule has 0 spiro atoms. The summed E-state index contributed by atoms with van der Waals surface area (Å²) >= 11 is 6.20. The number of benzene rings is 1. The number of rotatable bonds is 3. The van der Waals surface area contributed by atoms with Crippen LogP contribution in [0, 0.1) is 5.82 Å². The molecule has 1 aliphatic heterocycles. The third-order valence-electron chi connectivity index (χ3n) is 3.89. The van der Waals surface area contributed by atoms with Gasteiger partial charge in [0.1, 0.15) is 11.7 Å². The molecule has 1 aromatic heterocycles. The molecule has 0 bridgehead atoms. The molecule has 114 valence electrons. The number of hydrogen-bond acceptors (Lipinski definition) is 3. The summed E-state index contributed by atoms with van der Waals surface area (Å²) in [5.41, 5.74) is 1.39. The lowest BCUT2D eigenvalue weighted by molar-refractivity contribution is -0.142. The van der Waals surface area contributed by atoms with Crippen molar-refractivity contribution in [2.75, 3.05) is 7.11 Å². The van der Waals surface area contributed by atoms with Crippen molar-refractivity contribution in [1.29, 1.82) is 0 Å². The highest BCUT2D eigenvalue weighted by Crippen LogP contribution is 2.38. The minimum atomic E-state index is -0.452. The van der Waals surface area contributed by atoms with Gasteiger partial charge in [0.25, 0.3) is 0 Å². The summed E-state index contributed by atoms with van der Waals surface area (Å²) in [6.45, 7) is 0.518. The SMILES string of the molecule is COC(=O)C1CCn2c(C(=O)c3ccc(F)cc3)cc(Cl)c21. The Morgan fingerprint density at radius 1 is 1.32 bits per heavy atom. The molecule has 4 nitrogen and oxygen atoms in total. The first-order valence-electron chi connectivity index (χ1n) is 6.80. The molecule has 0 aliphatic carbocycles. The molecule has 1 aliphatic rings. The fourth-order valence-corrected chi connectivity index (χ4v) is 3.17. The molecule has 3 rings (SSSR count). The number of fused-ring (bicyclic) bond motifs is 1. The number of hydrogen-bond donors (Lipinski definition) is 0. The fourth-order valence-electron chi connectivity index (χ4n) is 2.83. The quantitative estimate of drug-likeness (QED) is 0.644. The highest BCUT2D eigenvalue weighted by molar-refractivity contribution is 6.32. The standard InChI is InChI=1S/C16H13ClFNO3/c1-22-16(21)11-6-7-19-13(8-12(17)14(11)19)15(20)9-2-4-10(18)5-3-9/h2-5,8,11H,6-7H2,1H3. The molecule has 0 radical (unpaired) electrons. The molecule has 0 saturated heterocycles. The molecular formula is C16H13ClFNO3. The predicted octanol–water partition coefficient (Wildman–Crippen LogP) is 3.17. The van der Waals surface area contributed by atoms with E-state index in [1.54, 1.807) is 10.6 Å². The second kappa shape index (κ2) is 5.57. The molecule has 22 heavy (non-hydrogen) atoms. The van der Waals surface area contributed by atoms with Gasteiger partial charge in [0, 0.05) is 12.1 Å². The lowest BCUT2D eigenvalue weighted by atomic mass is 10.1. The number of esters is 1. The van der Waals surface area contributed by atoms with Gasteiger partial charge in [-0.25, -0.2) is 4.39 Å². The summed E-state index contributed by atoms with van der Waals surface area (Å²) in [5.74, 6) is -1.47. The first-order chi connectivity index (χ1) is 10.5. The van der Waals surface area contributed by atoms with E-state index < -0.39 is 11.7 Å². The first kappa shape index (κ1) is 14.8. The Morgan fingerprint density at radius 3 is 2.64 bits per heavy atom. The van der Waals surface area contributed by atoms with Crippen molar-refractivity contribution in [1.82, 2.24) is 4.57 Å². The summed E-state index contributed by atoms with van der Waals surface area (Å²) < 4.78 is 19.5. The van der Waals surface area contributed by atoms with Gasteiger partial charge in [-0.1, -0.05) is 11.6 Å². The Morgan fingerprint density at radius 2 is 2.00 bits per heavy atom. The van der Waals surface area contributed by atoms with Crippen LogP contribution in [0.3, 0.4) is 0 Å². The second-order valence-electron chi connectivity index (χ2n) is 5.11. The zero-order chi connectivity index (χ0) is 15.9. The zero-order valence-corrected chi connectivity index (χ0v) is 12.6. The number of nitrogens with zero attached hydrogens (tertiary/aromatic N) is 1. The van der Waals surface area contributed by atoms with Crippen molar-refractivity contribution in [2.45, 2.75) is 18.9 Å². The maximum absolute atomic E-state index is 13.0. The van der Waals surface area contributed by atoms with Gasteiger partial charge >= 0.3 is 5.97 Å². The molecule has 0 saturated carbocycles. The summed E-state index contributed by atoms with van der Waals surface area (Å²) in [7, 11) is 1.33. The van der Waals surface area contributed by atoms with E-state index in [4.69, 9.17) is 16.3 Å². The van der Waals surface area contributed by atoms with Crippen molar-refractivity contribution in [3.8, 4) is 0 Å². The molecule has 1 unspecified atom stereocenters. The Balaban J connectivity index is 2.00. The van der Waals surface area contributed by atoms with Gasteiger partial charge in [-0.2, -0.15) is 0 Å². The first-order valence-corrected chi connectivity index (χ1v) is 7.17. The number of ether oxygens (including phenoxy) is 1. The van der Waals surface area contributed by atoms with E-state index in [9.17, 15) is 14.0 Å². The van der Waals surface area contributed by atoms with Crippen LogP contribution in [0.4, 0.5) is 4.39 Å². The van der Waals surface area contributed by atoms with Crippen molar-refractivity contribution in [3.05, 3.63) is 58.1 Å². The van der Waals surface area contributed by atoms with Gasteiger partial charge < -0.3 is 9.30 Å². The molecule has 2 heterocycles. The third-order valence-corrected chi connectivity index (χ3v) is 4.19. The lowest BCUT2D eigenvalue weighted by Crippen LogP contribution is -2.12. The van der Waals surface area contributed by atoms with E-state index in [-0.39, 0.29) is 11.8 Å². The van der Waals surface area contributed by atoms with E-state index in [0.29, 0.717) is 34.9 Å². The van der Waals surface area contributed by atoms with Crippen LogP contribution >= 0.6 is 11.6 Å². The highest BCUT2D eigenvalue weighted by Gasteiger charge is 2.35. The second-order valence-corrected chi connectivity index (χ2v) is 5.52. The molecule has 2 aromatic rings. The van der Waals surface area contributed by atoms with E-state index in [1.165, 1.54) is 31.4 Å². The maximum atomic E-state index is 13.0. The summed E-state index contributed by atoms with van der Waals surface area (Å²) in [5, 5.41) is 0.373. The summed E-state index contributed by atoms with van der Waals surface area (Å²) in [4.78, 5) is 24.4. The van der Waals surface area contributed by atoms with Gasteiger partial charge in [0.15, 0.2) is 0 Å². The van der Waals surface area contributed by atoms with Gasteiger partial charge in [0.05, 0.1) is 23.5 Å². The third kappa shape index (κ3) is 2.31. The van der Waals surface area contributed by atoms with Gasteiger partial charge in [-0.05, 0) is 36.8 Å². The minimum Gasteiger partial charge on any atom is -0.469 e. The minimum absolute atomic E-state index is 0.251. The zero-order valence-electron chi connectivity index (χ0n) is 11.8. The molecule has 1 atom stereocenters. The van der Waals surface area contributed by atoms with Crippen molar-refractivity contribution in [2.24, 2.45) is 0 Å². The molecule has 0 amide bonds. The topological polar surface area (TPSA) is 48.3 Å². The Labute approximate surface area is 131 Å². The molecule has 0 fully saturated rings. The lowest BCUT2D eigenvalue weighted by Gasteiger charge is -2.07. The number of aromatic nitrogens is 1. The Kier molecular flexibility index (Phi) is 3.74. The fraction of sp³-hybridized carbons (Fsp3) is 0.250. The van der Waals surface area contributed by atoms with Gasteiger partial charge in [-0.3, -0.25) is 9.59 Å².